The van der Waals surface area contributed by atoms with Crippen LogP contribution in [0.25, 0.3) is 0 Å². The minimum atomic E-state index is -4.02. The zero-order valence-electron chi connectivity index (χ0n) is 16.8. The van der Waals surface area contributed by atoms with Crippen LogP contribution in [-0.2, 0) is 14.8 Å². The van der Waals surface area contributed by atoms with E-state index in [9.17, 15) is 13.2 Å². The van der Waals surface area contributed by atoms with Crippen molar-refractivity contribution >= 4 is 44.8 Å². The third kappa shape index (κ3) is 5.58. The van der Waals surface area contributed by atoms with Crippen molar-refractivity contribution in [3.63, 3.8) is 0 Å². The Morgan fingerprint density at radius 3 is 2.13 bits per heavy atom. The Balaban J connectivity index is 1.93. The van der Waals surface area contributed by atoms with E-state index in [0.717, 1.165) is 9.87 Å². The highest BCUT2D eigenvalue weighted by Crippen LogP contribution is 2.30. The van der Waals surface area contributed by atoms with Crippen LogP contribution in [0, 0.1) is 0 Å². The van der Waals surface area contributed by atoms with Gasteiger partial charge in [-0.3, -0.25) is 9.10 Å². The second-order valence-corrected chi connectivity index (χ2v) is 9.54. The molecule has 1 N–H and O–H groups in total. The molecule has 0 spiro atoms. The summed E-state index contributed by atoms with van der Waals surface area (Å²) in [7, 11) is -4.02. The minimum absolute atomic E-state index is 0.0731. The van der Waals surface area contributed by atoms with Crippen molar-refractivity contribution in [1.82, 2.24) is 5.32 Å². The summed E-state index contributed by atoms with van der Waals surface area (Å²) in [5.41, 5.74) is 1.20. The Kier molecular flexibility index (Phi) is 7.59. The van der Waals surface area contributed by atoms with E-state index in [1.165, 1.54) is 30.3 Å². The number of nitrogens with zero attached hydrogens (tertiary/aromatic N) is 1. The van der Waals surface area contributed by atoms with Crippen LogP contribution >= 0.6 is 23.2 Å². The van der Waals surface area contributed by atoms with Gasteiger partial charge in [0.25, 0.3) is 10.0 Å². The van der Waals surface area contributed by atoms with Crippen LogP contribution in [0.15, 0.2) is 83.8 Å². The lowest BCUT2D eigenvalue weighted by Crippen LogP contribution is -2.42. The van der Waals surface area contributed by atoms with E-state index < -0.39 is 22.5 Å². The fourth-order valence-electron chi connectivity index (χ4n) is 3.15. The molecule has 0 fully saturated rings. The van der Waals surface area contributed by atoms with Crippen LogP contribution in [0.1, 0.15) is 24.9 Å². The molecule has 5 nitrogen and oxygen atoms in total. The first-order valence-corrected chi connectivity index (χ1v) is 11.9. The SMILES string of the molecule is CC[C@@H](NC(=O)CN(c1ccc(Cl)c(Cl)c1)S(=O)(=O)c1ccccc1)c1ccccc1. The molecule has 0 aliphatic carbocycles. The molecule has 0 heterocycles. The summed E-state index contributed by atoms with van der Waals surface area (Å²) in [5.74, 6) is -0.429. The molecule has 0 radical (unpaired) electrons. The molecule has 0 saturated carbocycles. The van der Waals surface area contributed by atoms with Gasteiger partial charge in [0.1, 0.15) is 6.54 Å². The monoisotopic (exact) mass is 476 g/mol. The fraction of sp³-hybridized carbons (Fsp3) is 0.174. The van der Waals surface area contributed by atoms with Crippen molar-refractivity contribution < 1.29 is 13.2 Å². The molecule has 3 aromatic carbocycles. The van der Waals surface area contributed by atoms with Crippen LogP contribution in [0.3, 0.4) is 0 Å². The topological polar surface area (TPSA) is 66.5 Å². The standard InChI is InChI=1S/C23H22Cl2N2O3S/c1-2-22(17-9-5-3-6-10-17)26-23(28)16-27(18-13-14-20(24)21(25)15-18)31(29,30)19-11-7-4-8-12-19/h3-15,22H,2,16H2,1H3,(H,26,28)/t22-/m1/s1. The van der Waals surface area contributed by atoms with Crippen molar-refractivity contribution in [1.29, 1.82) is 0 Å². The number of hydrogen-bond acceptors (Lipinski definition) is 3. The normalized spacial score (nSPS) is 12.2. The summed E-state index contributed by atoms with van der Waals surface area (Å²) < 4.78 is 27.8. The third-order valence-corrected chi connectivity index (χ3v) is 7.28. The lowest BCUT2D eigenvalue weighted by atomic mass is 10.0. The van der Waals surface area contributed by atoms with Crippen molar-refractivity contribution in [3.05, 3.63) is 94.5 Å². The first kappa shape index (κ1) is 23.1. The largest absolute Gasteiger partial charge is 0.348 e. The number of halogens is 2. The molecule has 0 saturated heterocycles. The quantitative estimate of drug-likeness (QED) is 0.469. The van der Waals surface area contributed by atoms with Crippen molar-refractivity contribution in [3.8, 4) is 0 Å². The second-order valence-electron chi connectivity index (χ2n) is 6.86. The predicted octanol–water partition coefficient (Wildman–Crippen LogP) is 5.46. The van der Waals surface area contributed by atoms with Gasteiger partial charge >= 0.3 is 0 Å². The second kappa shape index (κ2) is 10.2. The van der Waals surface area contributed by atoms with Crippen molar-refractivity contribution in [2.75, 3.05) is 10.8 Å². The molecule has 8 heteroatoms. The molecule has 0 aliphatic rings. The molecule has 0 aliphatic heterocycles. The van der Waals surface area contributed by atoms with E-state index >= 15 is 0 Å². The summed E-state index contributed by atoms with van der Waals surface area (Å²) >= 11 is 12.1. The molecule has 1 atom stereocenters. The van der Waals surface area contributed by atoms with Crippen LogP contribution < -0.4 is 9.62 Å². The number of rotatable bonds is 8. The van der Waals surface area contributed by atoms with E-state index in [1.54, 1.807) is 18.2 Å². The Morgan fingerprint density at radius 2 is 1.55 bits per heavy atom. The van der Waals surface area contributed by atoms with E-state index in [0.29, 0.717) is 11.4 Å². The average molecular weight is 477 g/mol. The maximum absolute atomic E-state index is 13.4. The highest BCUT2D eigenvalue weighted by atomic mass is 35.5. The Labute approximate surface area is 192 Å². The van der Waals surface area contributed by atoms with Gasteiger partial charge < -0.3 is 5.32 Å². The van der Waals surface area contributed by atoms with Gasteiger partial charge in [-0.05, 0) is 42.3 Å². The summed E-state index contributed by atoms with van der Waals surface area (Å²) in [6, 6.07) is 21.7. The smallest absolute Gasteiger partial charge is 0.264 e. The fourth-order valence-corrected chi connectivity index (χ4v) is 4.88. The number of amides is 1. The van der Waals surface area contributed by atoms with Gasteiger partial charge in [0.15, 0.2) is 0 Å². The Hall–Kier alpha value is -2.54. The number of sulfonamides is 1. The van der Waals surface area contributed by atoms with Crippen LogP contribution in [0.2, 0.25) is 10.0 Å². The molecule has 31 heavy (non-hydrogen) atoms. The molecular formula is C23H22Cl2N2O3S. The number of nitrogens with one attached hydrogen (secondary N) is 1. The number of carbonyl (C=O) groups excluding carboxylic acids is 1. The van der Waals surface area contributed by atoms with Gasteiger partial charge in [0.2, 0.25) is 5.91 Å². The summed E-state index contributed by atoms with van der Waals surface area (Å²) in [6.07, 6.45) is 0.661. The van der Waals surface area contributed by atoms with Crippen LogP contribution in [-0.4, -0.2) is 20.9 Å². The molecule has 162 valence electrons. The summed E-state index contributed by atoms with van der Waals surface area (Å²) in [6.45, 7) is 1.55. The van der Waals surface area contributed by atoms with Gasteiger partial charge in [-0.25, -0.2) is 8.42 Å². The maximum atomic E-state index is 13.4. The average Bonchev–Trinajstić information content (AvgIpc) is 2.79. The minimum Gasteiger partial charge on any atom is -0.348 e. The van der Waals surface area contributed by atoms with Crippen molar-refractivity contribution in [2.45, 2.75) is 24.3 Å². The molecule has 1 amide bonds. The molecule has 0 unspecified atom stereocenters. The zero-order valence-corrected chi connectivity index (χ0v) is 19.2. The molecular weight excluding hydrogens is 455 g/mol. The number of carbonyl (C=O) groups is 1. The molecule has 3 aromatic rings. The number of hydrogen-bond donors (Lipinski definition) is 1. The first-order chi connectivity index (χ1) is 14.8. The summed E-state index contributed by atoms with van der Waals surface area (Å²) in [5, 5.41) is 3.42. The Morgan fingerprint density at radius 1 is 0.935 bits per heavy atom. The zero-order chi connectivity index (χ0) is 22.4. The number of anilines is 1. The molecule has 0 bridgehead atoms. The van der Waals surface area contributed by atoms with Crippen molar-refractivity contribution in [2.24, 2.45) is 0 Å². The van der Waals surface area contributed by atoms with E-state index in [-0.39, 0.29) is 21.6 Å². The van der Waals surface area contributed by atoms with Crippen LogP contribution in [0.5, 0.6) is 0 Å². The highest BCUT2D eigenvalue weighted by Gasteiger charge is 2.28. The Bertz CT molecular complexity index is 1140. The first-order valence-electron chi connectivity index (χ1n) is 9.70. The van der Waals surface area contributed by atoms with E-state index in [4.69, 9.17) is 23.2 Å². The third-order valence-electron chi connectivity index (χ3n) is 4.75. The predicted molar refractivity (Wildman–Crippen MR) is 125 cm³/mol. The maximum Gasteiger partial charge on any atom is 0.264 e. The van der Waals surface area contributed by atoms with Gasteiger partial charge in [0, 0.05) is 0 Å². The lowest BCUT2D eigenvalue weighted by molar-refractivity contribution is -0.120. The highest BCUT2D eigenvalue weighted by molar-refractivity contribution is 7.92. The molecule has 0 aromatic heterocycles. The van der Waals surface area contributed by atoms with Gasteiger partial charge in [0.05, 0.1) is 26.7 Å². The van der Waals surface area contributed by atoms with Crippen LogP contribution in [0.4, 0.5) is 5.69 Å². The lowest BCUT2D eigenvalue weighted by Gasteiger charge is -2.26. The van der Waals surface area contributed by atoms with E-state index in [2.05, 4.69) is 5.32 Å². The number of benzene rings is 3. The van der Waals surface area contributed by atoms with E-state index in [1.807, 2.05) is 37.3 Å². The van der Waals surface area contributed by atoms with Gasteiger partial charge in [-0.15, -0.1) is 0 Å². The van der Waals surface area contributed by atoms with Gasteiger partial charge in [-0.2, -0.15) is 0 Å². The van der Waals surface area contributed by atoms with Gasteiger partial charge in [-0.1, -0.05) is 78.7 Å². The summed E-state index contributed by atoms with van der Waals surface area (Å²) in [4.78, 5) is 13.0. The molecule has 3 rings (SSSR count).